The third-order valence-electron chi connectivity index (χ3n) is 4.52. The number of amides is 1. The fraction of sp³-hybridized carbons (Fsp3) is 0.278. The van der Waals surface area contributed by atoms with Crippen LogP contribution in [0.1, 0.15) is 9.88 Å². The summed E-state index contributed by atoms with van der Waals surface area (Å²) in [4.78, 5) is 47.5. The number of thiazole rings is 1. The van der Waals surface area contributed by atoms with E-state index in [9.17, 15) is 14.4 Å². The summed E-state index contributed by atoms with van der Waals surface area (Å²) in [5, 5.41) is 5.89. The number of thiophene rings is 1. The van der Waals surface area contributed by atoms with E-state index in [-0.39, 0.29) is 23.6 Å². The average Bonchev–Trinajstić information content (AvgIpc) is 3.42. The van der Waals surface area contributed by atoms with Crippen molar-refractivity contribution in [2.45, 2.75) is 20.0 Å². The monoisotopic (exact) mass is 430 g/mol. The molecule has 0 saturated heterocycles. The Morgan fingerprint density at radius 3 is 2.72 bits per heavy atom. The summed E-state index contributed by atoms with van der Waals surface area (Å²) >= 11 is 3.18. The quantitative estimate of drug-likeness (QED) is 0.513. The Labute approximate surface area is 172 Å². The lowest BCUT2D eigenvalue weighted by atomic mass is 10.3. The van der Waals surface area contributed by atoms with Crippen molar-refractivity contribution in [1.82, 2.24) is 29.0 Å². The van der Waals surface area contributed by atoms with Gasteiger partial charge >= 0.3 is 5.69 Å². The molecule has 150 valence electrons. The molecule has 4 heterocycles. The van der Waals surface area contributed by atoms with E-state index >= 15 is 0 Å². The van der Waals surface area contributed by atoms with Crippen LogP contribution in [0.15, 0.2) is 33.4 Å². The first-order chi connectivity index (χ1) is 13.8. The summed E-state index contributed by atoms with van der Waals surface area (Å²) in [5.41, 5.74) is 0.492. The highest BCUT2D eigenvalue weighted by atomic mass is 32.1. The summed E-state index contributed by atoms with van der Waals surface area (Å²) in [6.07, 6.45) is 1.40. The van der Waals surface area contributed by atoms with E-state index in [1.807, 2.05) is 24.4 Å². The van der Waals surface area contributed by atoms with Gasteiger partial charge in [-0.25, -0.2) is 14.8 Å². The van der Waals surface area contributed by atoms with Crippen molar-refractivity contribution in [1.29, 1.82) is 0 Å². The maximum Gasteiger partial charge on any atom is 0.332 e. The highest BCUT2D eigenvalue weighted by molar-refractivity contribution is 7.16. The van der Waals surface area contributed by atoms with Gasteiger partial charge in [-0.15, -0.1) is 22.7 Å². The second kappa shape index (κ2) is 7.41. The fourth-order valence-corrected chi connectivity index (χ4v) is 4.60. The van der Waals surface area contributed by atoms with E-state index in [4.69, 9.17) is 0 Å². The van der Waals surface area contributed by atoms with Gasteiger partial charge in [-0.2, -0.15) is 0 Å². The zero-order chi connectivity index (χ0) is 20.7. The SMILES string of the molecule is Cc1nc(-c2ccc(CNC(=O)Cn3cnc4c3c(=O)n(C)c(=O)n4C)s2)cs1. The van der Waals surface area contributed by atoms with Crippen molar-refractivity contribution >= 4 is 39.7 Å². The number of hydrogen-bond acceptors (Lipinski definition) is 7. The molecule has 0 unspecified atom stereocenters. The number of carbonyl (C=O) groups excluding carboxylic acids is 1. The maximum absolute atomic E-state index is 12.4. The van der Waals surface area contributed by atoms with Gasteiger partial charge in [-0.1, -0.05) is 0 Å². The van der Waals surface area contributed by atoms with Gasteiger partial charge in [0.1, 0.15) is 6.54 Å². The summed E-state index contributed by atoms with van der Waals surface area (Å²) in [6, 6.07) is 3.96. The number of nitrogens with one attached hydrogen (secondary N) is 1. The largest absolute Gasteiger partial charge is 0.350 e. The van der Waals surface area contributed by atoms with Crippen LogP contribution in [0.25, 0.3) is 21.7 Å². The molecule has 0 bridgehead atoms. The third kappa shape index (κ3) is 3.54. The molecule has 0 aromatic carbocycles. The predicted molar refractivity (Wildman–Crippen MR) is 112 cm³/mol. The molecule has 0 aliphatic rings. The zero-order valence-corrected chi connectivity index (χ0v) is 17.6. The number of aryl methyl sites for hydroxylation is 2. The first-order valence-electron chi connectivity index (χ1n) is 8.74. The van der Waals surface area contributed by atoms with E-state index < -0.39 is 11.2 Å². The minimum absolute atomic E-state index is 0.0620. The fourth-order valence-electron chi connectivity index (χ4n) is 3.00. The molecule has 1 N–H and O–H groups in total. The lowest BCUT2D eigenvalue weighted by Crippen LogP contribution is -2.38. The zero-order valence-electron chi connectivity index (χ0n) is 16.0. The second-order valence-electron chi connectivity index (χ2n) is 6.54. The normalized spacial score (nSPS) is 11.3. The predicted octanol–water partition coefficient (Wildman–Crippen LogP) is 1.24. The lowest BCUT2D eigenvalue weighted by Gasteiger charge is -2.07. The van der Waals surface area contributed by atoms with Crippen LogP contribution >= 0.6 is 22.7 Å². The molecule has 1 amide bonds. The molecular formula is C18H18N6O3S2. The molecule has 4 aromatic rings. The van der Waals surface area contributed by atoms with Crippen molar-refractivity contribution in [2.75, 3.05) is 0 Å². The first kappa shape index (κ1) is 19.3. The molecule has 0 saturated carbocycles. The topological polar surface area (TPSA) is 104 Å². The molecule has 0 radical (unpaired) electrons. The Bertz CT molecular complexity index is 1340. The maximum atomic E-state index is 12.4. The minimum Gasteiger partial charge on any atom is -0.350 e. The number of carbonyl (C=O) groups is 1. The highest BCUT2D eigenvalue weighted by Gasteiger charge is 2.16. The number of fused-ring (bicyclic) bond motifs is 1. The van der Waals surface area contributed by atoms with E-state index in [0.717, 1.165) is 25.0 Å². The van der Waals surface area contributed by atoms with Crippen molar-refractivity contribution in [3.8, 4) is 10.6 Å². The van der Waals surface area contributed by atoms with E-state index in [1.54, 1.807) is 29.7 Å². The van der Waals surface area contributed by atoms with Crippen molar-refractivity contribution in [2.24, 2.45) is 14.1 Å². The van der Waals surface area contributed by atoms with Gasteiger partial charge in [0.15, 0.2) is 11.2 Å². The molecular weight excluding hydrogens is 412 g/mol. The van der Waals surface area contributed by atoms with Gasteiger partial charge in [-0.3, -0.25) is 18.7 Å². The number of imidazole rings is 1. The van der Waals surface area contributed by atoms with E-state index in [0.29, 0.717) is 6.54 Å². The first-order valence-corrected chi connectivity index (χ1v) is 10.4. The summed E-state index contributed by atoms with van der Waals surface area (Å²) in [5.74, 6) is -0.250. The van der Waals surface area contributed by atoms with Gasteiger partial charge < -0.3 is 9.88 Å². The Morgan fingerprint density at radius 1 is 1.21 bits per heavy atom. The summed E-state index contributed by atoms with van der Waals surface area (Å²) in [7, 11) is 2.94. The number of hydrogen-bond donors (Lipinski definition) is 1. The van der Waals surface area contributed by atoms with E-state index in [2.05, 4.69) is 15.3 Å². The molecule has 4 aromatic heterocycles. The minimum atomic E-state index is -0.477. The Morgan fingerprint density at radius 2 is 2.00 bits per heavy atom. The van der Waals surface area contributed by atoms with Crippen LogP contribution < -0.4 is 16.6 Å². The molecule has 0 atom stereocenters. The van der Waals surface area contributed by atoms with Gasteiger partial charge in [0.2, 0.25) is 5.91 Å². The highest BCUT2D eigenvalue weighted by Crippen LogP contribution is 2.28. The standard InChI is InChI=1S/C18H18N6O3S2/c1-10-21-12(8-28-10)13-5-4-11(29-13)6-19-14(25)7-24-9-20-16-15(24)17(26)23(3)18(27)22(16)2/h4-5,8-9H,6-7H2,1-3H3,(H,19,25). The summed E-state index contributed by atoms with van der Waals surface area (Å²) in [6.45, 7) is 2.29. The molecule has 0 aliphatic heterocycles. The number of nitrogens with zero attached hydrogens (tertiary/aromatic N) is 5. The lowest BCUT2D eigenvalue weighted by molar-refractivity contribution is -0.121. The Balaban J connectivity index is 1.48. The Kier molecular flexibility index (Phi) is 4.92. The van der Waals surface area contributed by atoms with Gasteiger partial charge in [-0.05, 0) is 19.1 Å². The Hall–Kier alpha value is -3.05. The average molecular weight is 431 g/mol. The smallest absolute Gasteiger partial charge is 0.332 e. The third-order valence-corrected chi connectivity index (χ3v) is 6.41. The molecule has 29 heavy (non-hydrogen) atoms. The molecule has 9 nitrogen and oxygen atoms in total. The molecule has 0 fully saturated rings. The van der Waals surface area contributed by atoms with Crippen LogP contribution in [-0.2, 0) is 32.0 Å². The molecule has 0 aliphatic carbocycles. The number of aromatic nitrogens is 5. The van der Waals surface area contributed by atoms with Crippen LogP contribution in [0.3, 0.4) is 0 Å². The van der Waals surface area contributed by atoms with Gasteiger partial charge in [0.05, 0.1) is 28.5 Å². The van der Waals surface area contributed by atoms with Crippen LogP contribution in [0.4, 0.5) is 0 Å². The van der Waals surface area contributed by atoms with Crippen LogP contribution in [0, 0.1) is 6.92 Å². The van der Waals surface area contributed by atoms with Gasteiger partial charge in [0, 0.05) is 24.4 Å². The van der Waals surface area contributed by atoms with Gasteiger partial charge in [0.25, 0.3) is 5.56 Å². The van der Waals surface area contributed by atoms with Crippen LogP contribution in [-0.4, -0.2) is 29.6 Å². The molecule has 4 rings (SSSR count). The van der Waals surface area contributed by atoms with E-state index in [1.165, 1.54) is 22.5 Å². The van der Waals surface area contributed by atoms with Crippen LogP contribution in [0.5, 0.6) is 0 Å². The second-order valence-corrected chi connectivity index (χ2v) is 8.78. The van der Waals surface area contributed by atoms with Crippen molar-refractivity contribution < 1.29 is 4.79 Å². The van der Waals surface area contributed by atoms with Crippen molar-refractivity contribution in [3.63, 3.8) is 0 Å². The summed E-state index contributed by atoms with van der Waals surface area (Å²) < 4.78 is 3.76. The molecule has 0 spiro atoms. The number of rotatable bonds is 5. The van der Waals surface area contributed by atoms with Crippen LogP contribution in [0.2, 0.25) is 0 Å². The molecule has 11 heteroatoms. The van der Waals surface area contributed by atoms with Crippen molar-refractivity contribution in [3.05, 3.63) is 54.6 Å².